The zero-order chi connectivity index (χ0) is 19.5. The van der Waals surface area contributed by atoms with Gasteiger partial charge in [0.1, 0.15) is 5.69 Å². The largest absolute Gasteiger partial charge is 0.383 e. The van der Waals surface area contributed by atoms with Crippen molar-refractivity contribution >= 4 is 11.4 Å². The van der Waals surface area contributed by atoms with Crippen molar-refractivity contribution in [1.82, 2.24) is 23.8 Å². The van der Waals surface area contributed by atoms with E-state index in [1.165, 1.54) is 0 Å². The lowest BCUT2D eigenvalue weighted by Crippen LogP contribution is -2.34. The molecular formula is C21H27N5O2. The number of likely N-dealkylation sites (N-methyl/N-ethyl adjacent to an activating group) is 1. The van der Waals surface area contributed by atoms with Crippen molar-refractivity contribution in [2.24, 2.45) is 0 Å². The van der Waals surface area contributed by atoms with Crippen molar-refractivity contribution in [3.05, 3.63) is 48.5 Å². The van der Waals surface area contributed by atoms with E-state index in [9.17, 15) is 4.79 Å². The van der Waals surface area contributed by atoms with E-state index in [1.807, 2.05) is 52.5 Å². The third-order valence-corrected chi connectivity index (χ3v) is 5.36. The molecule has 148 valence electrons. The Kier molecular flexibility index (Phi) is 5.45. The van der Waals surface area contributed by atoms with E-state index in [1.54, 1.807) is 7.11 Å². The summed E-state index contributed by atoms with van der Waals surface area (Å²) in [7, 11) is 3.80. The molecule has 3 aromatic heterocycles. The number of methoxy groups -OCH3 is 1. The van der Waals surface area contributed by atoms with Crippen LogP contribution in [-0.4, -0.2) is 76.6 Å². The van der Waals surface area contributed by atoms with Gasteiger partial charge in [0, 0.05) is 45.7 Å². The molecule has 3 aromatic rings. The maximum atomic E-state index is 13.3. The van der Waals surface area contributed by atoms with Gasteiger partial charge in [0.2, 0.25) is 0 Å². The molecule has 0 aromatic carbocycles. The van der Waals surface area contributed by atoms with E-state index in [0.717, 1.165) is 61.6 Å². The first-order valence-corrected chi connectivity index (χ1v) is 9.76. The van der Waals surface area contributed by atoms with Gasteiger partial charge in [0.25, 0.3) is 5.91 Å². The van der Waals surface area contributed by atoms with Crippen LogP contribution in [0.25, 0.3) is 16.9 Å². The molecule has 0 radical (unpaired) electrons. The number of carbonyl (C=O) groups is 1. The Balaban J connectivity index is 1.68. The molecule has 7 nitrogen and oxygen atoms in total. The van der Waals surface area contributed by atoms with Gasteiger partial charge in [-0.2, -0.15) is 0 Å². The van der Waals surface area contributed by atoms with Crippen LogP contribution in [0.1, 0.15) is 16.8 Å². The molecule has 1 aliphatic heterocycles. The average Bonchev–Trinajstić information content (AvgIpc) is 3.26. The highest BCUT2D eigenvalue weighted by Crippen LogP contribution is 2.26. The molecule has 0 atom stereocenters. The van der Waals surface area contributed by atoms with Crippen LogP contribution in [0.2, 0.25) is 0 Å². The van der Waals surface area contributed by atoms with Gasteiger partial charge < -0.3 is 23.5 Å². The van der Waals surface area contributed by atoms with Crippen molar-refractivity contribution in [3.63, 3.8) is 0 Å². The Morgan fingerprint density at radius 3 is 2.96 bits per heavy atom. The predicted octanol–water partition coefficient (Wildman–Crippen LogP) is 2.23. The second-order valence-corrected chi connectivity index (χ2v) is 7.34. The van der Waals surface area contributed by atoms with E-state index >= 15 is 0 Å². The molecule has 0 saturated carbocycles. The van der Waals surface area contributed by atoms with Crippen LogP contribution in [0.4, 0.5) is 0 Å². The molecule has 7 heteroatoms. The summed E-state index contributed by atoms with van der Waals surface area (Å²) in [4.78, 5) is 22.1. The van der Waals surface area contributed by atoms with Crippen LogP contribution in [-0.2, 0) is 11.3 Å². The Morgan fingerprint density at radius 2 is 2.11 bits per heavy atom. The standard InChI is InChI=1S/C21H27N5O2/c1-23-7-5-8-25(11-10-23)21(27)17-14-20(26-9-4-3-6-19(17)26)18-15-24(16-22-18)12-13-28-2/h3-4,6,9,14-16H,5,7-8,10-13H2,1-2H3. The van der Waals surface area contributed by atoms with Gasteiger partial charge in [-0.1, -0.05) is 6.07 Å². The summed E-state index contributed by atoms with van der Waals surface area (Å²) < 4.78 is 9.21. The molecule has 0 spiro atoms. The number of imidazole rings is 1. The zero-order valence-electron chi connectivity index (χ0n) is 16.5. The second-order valence-electron chi connectivity index (χ2n) is 7.34. The Hall–Kier alpha value is -2.64. The number of carbonyl (C=O) groups excluding carboxylic acids is 1. The van der Waals surface area contributed by atoms with Gasteiger partial charge in [-0.05, 0) is 38.2 Å². The molecule has 28 heavy (non-hydrogen) atoms. The van der Waals surface area contributed by atoms with Gasteiger partial charge in [0.15, 0.2) is 0 Å². The van der Waals surface area contributed by atoms with Gasteiger partial charge in [0.05, 0.1) is 29.7 Å². The highest BCUT2D eigenvalue weighted by atomic mass is 16.5. The number of pyridine rings is 1. The smallest absolute Gasteiger partial charge is 0.256 e. The summed E-state index contributed by atoms with van der Waals surface area (Å²) >= 11 is 0. The number of rotatable bonds is 5. The number of amides is 1. The molecule has 1 fully saturated rings. The van der Waals surface area contributed by atoms with Crippen molar-refractivity contribution in [2.45, 2.75) is 13.0 Å². The lowest BCUT2D eigenvalue weighted by Gasteiger charge is -2.20. The van der Waals surface area contributed by atoms with Crippen LogP contribution >= 0.6 is 0 Å². The minimum Gasteiger partial charge on any atom is -0.383 e. The average molecular weight is 381 g/mol. The fraction of sp³-hybridized carbons (Fsp3) is 0.429. The Bertz CT molecular complexity index is 961. The molecule has 0 unspecified atom stereocenters. The fourth-order valence-corrected chi connectivity index (χ4v) is 3.75. The quantitative estimate of drug-likeness (QED) is 0.680. The number of ether oxygens (including phenoxy) is 1. The highest BCUT2D eigenvalue weighted by Gasteiger charge is 2.23. The SMILES string of the molecule is COCCn1cnc(-c2cc(C(=O)N3CCCN(C)CC3)c3ccccn23)c1. The topological polar surface area (TPSA) is 55.0 Å². The monoisotopic (exact) mass is 381 g/mol. The van der Waals surface area contributed by atoms with Crippen molar-refractivity contribution in [1.29, 1.82) is 0 Å². The highest BCUT2D eigenvalue weighted by molar-refractivity contribution is 6.02. The normalized spacial score (nSPS) is 15.9. The lowest BCUT2D eigenvalue weighted by molar-refractivity contribution is 0.0765. The summed E-state index contributed by atoms with van der Waals surface area (Å²) in [5, 5.41) is 0. The van der Waals surface area contributed by atoms with Crippen molar-refractivity contribution in [2.75, 3.05) is 46.9 Å². The number of hydrogen-bond donors (Lipinski definition) is 0. The minimum atomic E-state index is 0.101. The minimum absolute atomic E-state index is 0.101. The molecule has 1 saturated heterocycles. The maximum absolute atomic E-state index is 13.3. The number of nitrogens with zero attached hydrogens (tertiary/aromatic N) is 5. The number of fused-ring (bicyclic) bond motifs is 1. The first kappa shape index (κ1) is 18.7. The van der Waals surface area contributed by atoms with E-state index in [0.29, 0.717) is 6.61 Å². The molecule has 4 heterocycles. The number of aromatic nitrogens is 3. The van der Waals surface area contributed by atoms with Crippen LogP contribution in [0.5, 0.6) is 0 Å². The summed E-state index contributed by atoms with van der Waals surface area (Å²) in [6.07, 6.45) is 6.81. The molecule has 1 aliphatic rings. The summed E-state index contributed by atoms with van der Waals surface area (Å²) in [6.45, 7) is 4.89. The van der Waals surface area contributed by atoms with Crippen LogP contribution < -0.4 is 0 Å². The molecule has 4 rings (SSSR count). The first-order valence-electron chi connectivity index (χ1n) is 9.76. The van der Waals surface area contributed by atoms with Gasteiger partial charge in [-0.15, -0.1) is 0 Å². The Labute approximate surface area is 165 Å². The summed E-state index contributed by atoms with van der Waals surface area (Å²) in [6, 6.07) is 7.94. The van der Waals surface area contributed by atoms with Crippen molar-refractivity contribution in [3.8, 4) is 11.4 Å². The summed E-state index contributed by atoms with van der Waals surface area (Å²) in [5.41, 5.74) is 3.45. The molecule has 1 amide bonds. The zero-order valence-corrected chi connectivity index (χ0v) is 16.5. The van der Waals surface area contributed by atoms with Crippen molar-refractivity contribution < 1.29 is 9.53 Å². The second kappa shape index (κ2) is 8.16. The molecule has 0 bridgehead atoms. The fourth-order valence-electron chi connectivity index (χ4n) is 3.75. The van der Waals surface area contributed by atoms with E-state index in [4.69, 9.17) is 4.74 Å². The van der Waals surface area contributed by atoms with E-state index in [2.05, 4.69) is 21.3 Å². The van der Waals surface area contributed by atoms with E-state index < -0.39 is 0 Å². The molecule has 0 aliphatic carbocycles. The first-order chi connectivity index (χ1) is 13.7. The predicted molar refractivity (Wildman–Crippen MR) is 109 cm³/mol. The van der Waals surface area contributed by atoms with E-state index in [-0.39, 0.29) is 5.91 Å². The maximum Gasteiger partial charge on any atom is 0.256 e. The third kappa shape index (κ3) is 3.68. The van der Waals surface area contributed by atoms with Gasteiger partial charge in [-0.25, -0.2) is 4.98 Å². The lowest BCUT2D eigenvalue weighted by atomic mass is 10.2. The van der Waals surface area contributed by atoms with Crippen LogP contribution in [0.3, 0.4) is 0 Å². The molecular weight excluding hydrogens is 354 g/mol. The van der Waals surface area contributed by atoms with Crippen LogP contribution in [0, 0.1) is 0 Å². The summed E-state index contributed by atoms with van der Waals surface area (Å²) in [5.74, 6) is 0.101. The Morgan fingerprint density at radius 1 is 1.21 bits per heavy atom. The third-order valence-electron chi connectivity index (χ3n) is 5.36. The van der Waals surface area contributed by atoms with Gasteiger partial charge in [-0.3, -0.25) is 4.79 Å². The number of hydrogen-bond acceptors (Lipinski definition) is 4. The molecule has 0 N–H and O–H groups in total. The van der Waals surface area contributed by atoms with Crippen LogP contribution in [0.15, 0.2) is 43.0 Å². The van der Waals surface area contributed by atoms with Gasteiger partial charge >= 0.3 is 0 Å².